The zero-order valence-electron chi connectivity index (χ0n) is 26.4. The van der Waals surface area contributed by atoms with E-state index in [-0.39, 0.29) is 0 Å². The van der Waals surface area contributed by atoms with Crippen molar-refractivity contribution in [2.45, 2.75) is 0 Å². The van der Waals surface area contributed by atoms with Crippen LogP contribution in [-0.2, 0) is 0 Å². The topological polar surface area (TPSA) is 52.5 Å². The summed E-state index contributed by atoms with van der Waals surface area (Å²) in [5.41, 5.74) is 10.9. The molecule has 0 N–H and O–H groups in total. The first kappa shape index (κ1) is 28.3. The van der Waals surface area contributed by atoms with Gasteiger partial charge < -0.3 is 4.57 Å². The number of benzene rings is 8. The van der Waals surface area contributed by atoms with Crippen molar-refractivity contribution in [2.75, 3.05) is 0 Å². The fraction of sp³-hybridized carbons (Fsp3) is 0. The zero-order valence-corrected chi connectivity index (χ0v) is 26.4. The van der Waals surface area contributed by atoms with Crippen LogP contribution in [0.2, 0.25) is 0 Å². The molecule has 0 saturated heterocycles. The first-order valence-corrected chi connectivity index (χ1v) is 16.3. The molecule has 0 saturated carbocycles. The van der Waals surface area contributed by atoms with Crippen molar-refractivity contribution in [3.63, 3.8) is 0 Å². The van der Waals surface area contributed by atoms with Crippen LogP contribution in [-0.4, -0.2) is 4.57 Å². The second-order valence-electron chi connectivity index (χ2n) is 12.3. The van der Waals surface area contributed by atoms with Gasteiger partial charge in [0.15, 0.2) is 0 Å². The third kappa shape index (κ3) is 4.42. The highest BCUT2D eigenvalue weighted by molar-refractivity contribution is 6.22. The third-order valence-corrected chi connectivity index (χ3v) is 9.65. The summed E-state index contributed by atoms with van der Waals surface area (Å²) in [7, 11) is 0. The van der Waals surface area contributed by atoms with E-state index in [0.29, 0.717) is 11.1 Å². The number of para-hydroxylation sites is 1. The number of hydrogen-bond donors (Lipinski definition) is 0. The molecule has 0 unspecified atom stereocenters. The number of fused-ring (bicyclic) bond motifs is 5. The van der Waals surface area contributed by atoms with Crippen molar-refractivity contribution in [1.29, 1.82) is 10.5 Å². The van der Waals surface area contributed by atoms with E-state index in [1.54, 1.807) is 0 Å². The summed E-state index contributed by atoms with van der Waals surface area (Å²) in [5, 5.41) is 26.7. The molecule has 0 aliphatic carbocycles. The van der Waals surface area contributed by atoms with Crippen molar-refractivity contribution < 1.29 is 0 Å². The Morgan fingerprint density at radius 3 is 1.55 bits per heavy atom. The lowest BCUT2D eigenvalue weighted by molar-refractivity contribution is 1.18. The Hall–Kier alpha value is -6.94. The molecule has 0 bridgehead atoms. The molecule has 9 aromatic rings. The number of hydrogen-bond acceptors (Lipinski definition) is 2. The molecule has 0 radical (unpaired) electrons. The summed E-state index contributed by atoms with van der Waals surface area (Å²) < 4.78 is 2.27. The average molecular weight is 622 g/mol. The molecule has 3 heteroatoms. The van der Waals surface area contributed by atoms with Crippen LogP contribution in [0.3, 0.4) is 0 Å². The molecule has 1 heterocycles. The Morgan fingerprint density at radius 2 is 0.878 bits per heavy atom. The van der Waals surface area contributed by atoms with Crippen LogP contribution in [0.15, 0.2) is 164 Å². The lowest BCUT2D eigenvalue weighted by Gasteiger charge is -2.21. The van der Waals surface area contributed by atoms with E-state index in [9.17, 15) is 10.5 Å². The summed E-state index contributed by atoms with van der Waals surface area (Å²) in [4.78, 5) is 0. The van der Waals surface area contributed by atoms with Crippen LogP contribution in [0, 0.1) is 22.7 Å². The summed E-state index contributed by atoms with van der Waals surface area (Å²) in [5.74, 6) is 0. The molecular weight excluding hydrogens is 595 g/mol. The fourth-order valence-electron chi connectivity index (χ4n) is 7.59. The molecule has 3 nitrogen and oxygen atoms in total. The minimum Gasteiger partial charge on any atom is -0.309 e. The van der Waals surface area contributed by atoms with Gasteiger partial charge in [0.05, 0.1) is 40.0 Å². The molecule has 1 aromatic heterocycles. The van der Waals surface area contributed by atoms with Crippen LogP contribution in [0.1, 0.15) is 11.1 Å². The minimum absolute atomic E-state index is 0.593. The third-order valence-electron chi connectivity index (χ3n) is 9.65. The maximum Gasteiger partial charge on any atom is 0.0991 e. The summed E-state index contributed by atoms with van der Waals surface area (Å²) in [6, 6.07) is 61.5. The van der Waals surface area contributed by atoms with Gasteiger partial charge in [-0.05, 0) is 91.8 Å². The summed E-state index contributed by atoms with van der Waals surface area (Å²) >= 11 is 0. The Morgan fingerprint density at radius 1 is 0.367 bits per heavy atom. The zero-order chi connectivity index (χ0) is 32.9. The maximum absolute atomic E-state index is 10.2. The van der Waals surface area contributed by atoms with E-state index in [4.69, 9.17) is 0 Å². The Balaban J connectivity index is 1.39. The number of aromatic nitrogens is 1. The van der Waals surface area contributed by atoms with Gasteiger partial charge in [-0.1, -0.05) is 121 Å². The van der Waals surface area contributed by atoms with Gasteiger partial charge in [-0.25, -0.2) is 0 Å². The number of nitriles is 2. The summed E-state index contributed by atoms with van der Waals surface area (Å²) in [6.45, 7) is 0. The lowest BCUT2D eigenvalue weighted by atomic mass is 9.83. The second-order valence-corrected chi connectivity index (χ2v) is 12.3. The van der Waals surface area contributed by atoms with E-state index < -0.39 is 0 Å². The molecule has 49 heavy (non-hydrogen) atoms. The highest BCUT2D eigenvalue weighted by atomic mass is 15.0. The molecule has 8 aromatic carbocycles. The molecule has 0 aliphatic heterocycles. The van der Waals surface area contributed by atoms with Crippen LogP contribution in [0.4, 0.5) is 0 Å². The first-order valence-electron chi connectivity index (χ1n) is 16.3. The van der Waals surface area contributed by atoms with Crippen molar-refractivity contribution >= 4 is 43.4 Å². The van der Waals surface area contributed by atoms with Gasteiger partial charge in [0.2, 0.25) is 0 Å². The SMILES string of the molecule is N#Cc1ccc(-n2c3ccccc3c3cc(C#N)ccc32)c(-c2ccccc2-c2c3ccccc3c(-c3ccccc3)c3ccccc23)c1. The molecule has 0 atom stereocenters. The molecule has 226 valence electrons. The molecule has 0 aliphatic rings. The normalized spacial score (nSPS) is 11.2. The van der Waals surface area contributed by atoms with E-state index in [1.165, 1.54) is 32.7 Å². The van der Waals surface area contributed by atoms with Crippen LogP contribution in [0.5, 0.6) is 0 Å². The van der Waals surface area contributed by atoms with E-state index in [1.807, 2.05) is 42.5 Å². The fourth-order valence-corrected chi connectivity index (χ4v) is 7.59. The highest BCUT2D eigenvalue weighted by Crippen LogP contribution is 2.47. The van der Waals surface area contributed by atoms with Crippen molar-refractivity contribution in [1.82, 2.24) is 4.57 Å². The van der Waals surface area contributed by atoms with E-state index in [0.717, 1.165) is 49.7 Å². The quantitative estimate of drug-likeness (QED) is 0.184. The van der Waals surface area contributed by atoms with Gasteiger partial charge in [-0.15, -0.1) is 0 Å². The van der Waals surface area contributed by atoms with Gasteiger partial charge in [-0.3, -0.25) is 0 Å². The molecular formula is C46H27N3. The predicted molar refractivity (Wildman–Crippen MR) is 202 cm³/mol. The van der Waals surface area contributed by atoms with Gasteiger partial charge >= 0.3 is 0 Å². The van der Waals surface area contributed by atoms with E-state index in [2.05, 4.69) is 138 Å². The second kappa shape index (κ2) is 11.4. The molecule has 9 rings (SSSR count). The largest absolute Gasteiger partial charge is 0.309 e. The maximum atomic E-state index is 10.2. The first-order chi connectivity index (χ1) is 24.2. The van der Waals surface area contributed by atoms with Crippen molar-refractivity contribution in [3.8, 4) is 51.2 Å². The van der Waals surface area contributed by atoms with Crippen molar-refractivity contribution in [2.24, 2.45) is 0 Å². The van der Waals surface area contributed by atoms with Gasteiger partial charge in [0.25, 0.3) is 0 Å². The molecule has 0 spiro atoms. The monoisotopic (exact) mass is 621 g/mol. The predicted octanol–water partition coefficient (Wildman–Crippen LogP) is 11.8. The Labute approximate surface area is 283 Å². The number of nitrogens with zero attached hydrogens (tertiary/aromatic N) is 3. The van der Waals surface area contributed by atoms with Crippen LogP contribution in [0.25, 0.3) is 82.4 Å². The molecule has 0 fully saturated rings. The van der Waals surface area contributed by atoms with Crippen molar-refractivity contribution in [3.05, 3.63) is 175 Å². The van der Waals surface area contributed by atoms with Crippen LogP contribution >= 0.6 is 0 Å². The average Bonchev–Trinajstić information content (AvgIpc) is 3.50. The Kier molecular flexibility index (Phi) is 6.58. The minimum atomic E-state index is 0.593. The highest BCUT2D eigenvalue weighted by Gasteiger charge is 2.22. The van der Waals surface area contributed by atoms with Gasteiger partial charge in [0.1, 0.15) is 0 Å². The van der Waals surface area contributed by atoms with Crippen LogP contribution < -0.4 is 0 Å². The molecule has 0 amide bonds. The Bertz CT molecular complexity index is 2790. The summed E-state index contributed by atoms with van der Waals surface area (Å²) in [6.07, 6.45) is 0. The number of rotatable bonds is 4. The van der Waals surface area contributed by atoms with E-state index >= 15 is 0 Å². The van der Waals surface area contributed by atoms with Gasteiger partial charge in [0, 0.05) is 16.3 Å². The lowest BCUT2D eigenvalue weighted by Crippen LogP contribution is -1.99. The standard InChI is InChI=1S/C46H27N3/c47-28-30-22-24-43(49-42-21-11-10-15-34(42)41-27-31(29-48)23-25-44(41)49)40(26-30)33-14-4-5-16-35(33)46-38-19-8-6-17-36(38)45(32-12-2-1-3-13-32)37-18-7-9-20-39(37)46/h1-27H. The smallest absolute Gasteiger partial charge is 0.0991 e. The van der Waals surface area contributed by atoms with Gasteiger partial charge in [-0.2, -0.15) is 10.5 Å².